The molecule has 2 amide bonds. The second-order valence-corrected chi connectivity index (χ2v) is 8.78. The molecule has 1 fully saturated rings. The second-order valence-electron chi connectivity index (χ2n) is 8.78. The van der Waals surface area contributed by atoms with Crippen LogP contribution in [0, 0.1) is 5.82 Å². The number of para-hydroxylation sites is 1. The van der Waals surface area contributed by atoms with Crippen LogP contribution in [0.2, 0.25) is 0 Å². The predicted octanol–water partition coefficient (Wildman–Crippen LogP) is 4.58. The van der Waals surface area contributed by atoms with Crippen LogP contribution in [0.15, 0.2) is 78.9 Å². The molecular weight excluding hydrogens is 457 g/mol. The number of rotatable bonds is 5. The van der Waals surface area contributed by atoms with Crippen molar-refractivity contribution in [2.24, 2.45) is 0 Å². The average molecular weight is 484 g/mol. The lowest BCUT2D eigenvalue weighted by Gasteiger charge is -2.35. The van der Waals surface area contributed by atoms with Gasteiger partial charge in [-0.15, -0.1) is 0 Å². The summed E-state index contributed by atoms with van der Waals surface area (Å²) in [5.41, 5.74) is 3.73. The summed E-state index contributed by atoms with van der Waals surface area (Å²) in [6.07, 6.45) is 0.217. The summed E-state index contributed by atoms with van der Waals surface area (Å²) in [5, 5.41) is 0.801. The molecule has 36 heavy (non-hydrogen) atoms. The van der Waals surface area contributed by atoms with E-state index >= 15 is 0 Å². The van der Waals surface area contributed by atoms with Crippen LogP contribution in [0.4, 0.5) is 4.39 Å². The molecule has 5 rings (SSSR count). The van der Waals surface area contributed by atoms with Crippen molar-refractivity contribution < 1.29 is 18.7 Å². The first kappa shape index (κ1) is 23.5. The van der Waals surface area contributed by atoms with Gasteiger partial charge < -0.3 is 14.5 Å². The number of carbonyl (C=O) groups excluding carboxylic acids is 2. The highest BCUT2D eigenvalue weighted by atomic mass is 19.1. The fourth-order valence-electron chi connectivity index (χ4n) is 4.48. The molecule has 4 aromatic rings. The lowest BCUT2D eigenvalue weighted by molar-refractivity contribution is -0.131. The Balaban J connectivity index is 1.33. The highest BCUT2D eigenvalue weighted by Crippen LogP contribution is 2.27. The molecule has 0 spiro atoms. The van der Waals surface area contributed by atoms with Crippen LogP contribution in [0.1, 0.15) is 15.9 Å². The molecule has 1 aliphatic heterocycles. The lowest BCUT2D eigenvalue weighted by Crippen LogP contribution is -2.51. The van der Waals surface area contributed by atoms with Crippen molar-refractivity contribution in [1.82, 2.24) is 14.8 Å². The predicted molar refractivity (Wildman–Crippen MR) is 136 cm³/mol. The zero-order valence-electron chi connectivity index (χ0n) is 20.0. The van der Waals surface area contributed by atoms with Crippen LogP contribution in [0.25, 0.3) is 22.2 Å². The van der Waals surface area contributed by atoms with Crippen molar-refractivity contribution in [3.8, 4) is 17.0 Å². The standard InChI is InChI=1S/C29H26FN3O3/c1-36-23-12-8-21(9-13-23)27-19-25(24-4-2-3-5-26(24)31-27)29(35)33-16-14-32(15-17-33)28(34)18-20-6-10-22(30)11-7-20/h2-13,19H,14-18H2,1H3. The number of hydrogen-bond acceptors (Lipinski definition) is 4. The van der Waals surface area contributed by atoms with Gasteiger partial charge in [-0.25, -0.2) is 9.37 Å². The maximum atomic E-state index is 13.6. The van der Waals surface area contributed by atoms with Gasteiger partial charge in [0, 0.05) is 37.1 Å². The van der Waals surface area contributed by atoms with Crippen molar-refractivity contribution in [2.45, 2.75) is 6.42 Å². The number of halogens is 1. The Bertz CT molecular complexity index is 1400. The molecule has 3 aromatic carbocycles. The third-order valence-corrected chi connectivity index (χ3v) is 6.52. The molecule has 182 valence electrons. The molecule has 0 atom stereocenters. The smallest absolute Gasteiger partial charge is 0.254 e. The van der Waals surface area contributed by atoms with E-state index in [9.17, 15) is 14.0 Å². The van der Waals surface area contributed by atoms with E-state index in [4.69, 9.17) is 9.72 Å². The Morgan fingerprint density at radius 2 is 1.56 bits per heavy atom. The molecule has 0 radical (unpaired) electrons. The van der Waals surface area contributed by atoms with E-state index in [1.54, 1.807) is 29.0 Å². The summed E-state index contributed by atoms with van der Waals surface area (Å²) in [4.78, 5) is 34.7. The van der Waals surface area contributed by atoms with Crippen LogP contribution >= 0.6 is 0 Å². The van der Waals surface area contributed by atoms with Crippen molar-refractivity contribution in [1.29, 1.82) is 0 Å². The van der Waals surface area contributed by atoms with Gasteiger partial charge >= 0.3 is 0 Å². The summed E-state index contributed by atoms with van der Waals surface area (Å²) in [5.74, 6) is 0.332. The number of fused-ring (bicyclic) bond motifs is 1. The summed E-state index contributed by atoms with van der Waals surface area (Å²) in [6, 6.07) is 23.0. The van der Waals surface area contributed by atoms with Gasteiger partial charge in [0.1, 0.15) is 11.6 Å². The first-order chi connectivity index (χ1) is 17.5. The van der Waals surface area contributed by atoms with Gasteiger partial charge in [-0.05, 0) is 54.1 Å². The third kappa shape index (κ3) is 4.91. The Labute approximate surface area is 208 Å². The molecule has 0 saturated carbocycles. The normalized spacial score (nSPS) is 13.6. The first-order valence-electron chi connectivity index (χ1n) is 11.9. The minimum absolute atomic E-state index is 0.0233. The van der Waals surface area contributed by atoms with E-state index in [2.05, 4.69) is 0 Å². The first-order valence-corrected chi connectivity index (χ1v) is 11.9. The summed E-state index contributed by atoms with van der Waals surface area (Å²) in [6.45, 7) is 1.81. The van der Waals surface area contributed by atoms with Gasteiger partial charge in [-0.2, -0.15) is 0 Å². The quantitative estimate of drug-likeness (QED) is 0.417. The number of aromatic nitrogens is 1. The summed E-state index contributed by atoms with van der Waals surface area (Å²) < 4.78 is 18.4. The van der Waals surface area contributed by atoms with E-state index in [-0.39, 0.29) is 24.1 Å². The van der Waals surface area contributed by atoms with Crippen LogP contribution < -0.4 is 4.74 Å². The molecule has 7 heteroatoms. The molecule has 2 heterocycles. The second kappa shape index (κ2) is 10.2. The van der Waals surface area contributed by atoms with Gasteiger partial charge in [0.15, 0.2) is 0 Å². The van der Waals surface area contributed by atoms with Crippen LogP contribution in [0.5, 0.6) is 5.75 Å². The molecule has 0 unspecified atom stereocenters. The zero-order chi connectivity index (χ0) is 25.1. The maximum absolute atomic E-state index is 13.6. The monoisotopic (exact) mass is 483 g/mol. The summed E-state index contributed by atoms with van der Waals surface area (Å²) in [7, 11) is 1.62. The number of amides is 2. The van der Waals surface area contributed by atoms with Crippen molar-refractivity contribution in [2.75, 3.05) is 33.3 Å². The maximum Gasteiger partial charge on any atom is 0.254 e. The molecule has 0 bridgehead atoms. The molecule has 1 aromatic heterocycles. The SMILES string of the molecule is COc1ccc(-c2cc(C(=O)N3CCN(C(=O)Cc4ccc(F)cc4)CC3)c3ccccc3n2)cc1. The molecule has 0 N–H and O–H groups in total. The Morgan fingerprint density at radius 1 is 0.889 bits per heavy atom. The Hall–Kier alpha value is -4.26. The van der Waals surface area contributed by atoms with Crippen molar-refractivity contribution in [3.63, 3.8) is 0 Å². The molecule has 1 aliphatic rings. The topological polar surface area (TPSA) is 62.7 Å². The fourth-order valence-corrected chi connectivity index (χ4v) is 4.48. The van der Waals surface area contributed by atoms with E-state index in [0.29, 0.717) is 37.4 Å². The minimum atomic E-state index is -0.322. The van der Waals surface area contributed by atoms with Crippen molar-refractivity contribution >= 4 is 22.7 Å². The average Bonchev–Trinajstić information content (AvgIpc) is 2.93. The molecule has 0 aliphatic carbocycles. The number of carbonyl (C=O) groups is 2. The van der Waals surface area contributed by atoms with Gasteiger partial charge in [0.25, 0.3) is 5.91 Å². The molecule has 1 saturated heterocycles. The largest absolute Gasteiger partial charge is 0.497 e. The van der Waals surface area contributed by atoms with E-state index < -0.39 is 0 Å². The highest BCUT2D eigenvalue weighted by molar-refractivity contribution is 6.07. The summed E-state index contributed by atoms with van der Waals surface area (Å²) >= 11 is 0. The van der Waals surface area contributed by atoms with Crippen LogP contribution in [-0.2, 0) is 11.2 Å². The lowest BCUT2D eigenvalue weighted by atomic mass is 10.0. The Kier molecular flexibility index (Phi) is 6.62. The van der Waals surface area contributed by atoms with Crippen molar-refractivity contribution in [3.05, 3.63) is 95.8 Å². The van der Waals surface area contributed by atoms with E-state index in [1.165, 1.54) is 12.1 Å². The molecule has 6 nitrogen and oxygen atoms in total. The Morgan fingerprint density at radius 3 is 2.25 bits per heavy atom. The van der Waals surface area contributed by atoms with E-state index in [1.807, 2.05) is 54.6 Å². The number of nitrogens with zero attached hydrogens (tertiary/aromatic N) is 3. The number of piperazine rings is 1. The number of hydrogen-bond donors (Lipinski definition) is 0. The molecular formula is C29H26FN3O3. The van der Waals surface area contributed by atoms with E-state index in [0.717, 1.165) is 27.8 Å². The van der Waals surface area contributed by atoms with Crippen LogP contribution in [0.3, 0.4) is 0 Å². The fraction of sp³-hybridized carbons (Fsp3) is 0.207. The van der Waals surface area contributed by atoms with Crippen LogP contribution in [-0.4, -0.2) is 59.9 Å². The van der Waals surface area contributed by atoms with Gasteiger partial charge in [-0.3, -0.25) is 9.59 Å². The highest BCUT2D eigenvalue weighted by Gasteiger charge is 2.26. The van der Waals surface area contributed by atoms with Gasteiger partial charge in [-0.1, -0.05) is 30.3 Å². The number of ether oxygens (including phenoxy) is 1. The number of pyridine rings is 1. The third-order valence-electron chi connectivity index (χ3n) is 6.52. The minimum Gasteiger partial charge on any atom is -0.497 e. The van der Waals surface area contributed by atoms with Gasteiger partial charge in [0.05, 0.1) is 30.3 Å². The van der Waals surface area contributed by atoms with Gasteiger partial charge in [0.2, 0.25) is 5.91 Å². The zero-order valence-corrected chi connectivity index (χ0v) is 20.0. The number of methoxy groups -OCH3 is 1. The number of benzene rings is 3.